The van der Waals surface area contributed by atoms with Crippen LogP contribution in [0.1, 0.15) is 43.5 Å². The maximum atomic E-state index is 14.0. The monoisotopic (exact) mass is 618 g/mol. The molecule has 1 aliphatic heterocycles. The highest BCUT2D eigenvalue weighted by Gasteiger charge is 2.32. The third-order valence-corrected chi connectivity index (χ3v) is 8.39. The van der Waals surface area contributed by atoms with Gasteiger partial charge < -0.3 is 18.9 Å². The van der Waals surface area contributed by atoms with Crippen molar-refractivity contribution in [2.24, 2.45) is 4.99 Å². The lowest BCUT2D eigenvalue weighted by atomic mass is 9.92. The number of aromatic nitrogens is 1. The van der Waals surface area contributed by atoms with E-state index < -0.39 is 6.04 Å². The number of Topliss-reactive ketones (excluding diaryl/α,β-unsaturated/α-hetero) is 1. The van der Waals surface area contributed by atoms with Crippen molar-refractivity contribution in [3.63, 3.8) is 0 Å². The molecule has 0 bridgehead atoms. The summed E-state index contributed by atoms with van der Waals surface area (Å²) in [7, 11) is 3.11. The summed E-state index contributed by atoms with van der Waals surface area (Å²) in [5.41, 5.74) is 2.99. The lowest BCUT2D eigenvalue weighted by Gasteiger charge is -2.26. The highest BCUT2D eigenvalue weighted by Crippen LogP contribution is 2.37. The molecule has 0 amide bonds. The number of ketones is 1. The normalized spacial score (nSPS) is 14.7. The standard InChI is InChI=1S/C33H31ClN2O6S/c1-6-41-28-15-21(11-14-26(28)42-18-22-9-7-8-10-25(22)34)16-29-32(38)36-31(24-13-12-23(39-4)17-27(24)40-5)30(20(3)37)19(2)35-33(36)43-29/h7-17,31H,6,18H2,1-5H3/b29-16-/t31-/m1/s1. The number of benzene rings is 3. The largest absolute Gasteiger partial charge is 0.497 e. The van der Waals surface area contributed by atoms with Crippen molar-refractivity contribution in [1.82, 2.24) is 4.57 Å². The van der Waals surface area contributed by atoms with Crippen molar-refractivity contribution in [2.45, 2.75) is 33.4 Å². The molecule has 1 aromatic heterocycles. The van der Waals surface area contributed by atoms with Crippen LogP contribution in [0.15, 0.2) is 81.7 Å². The number of nitrogens with zero attached hydrogens (tertiary/aromatic N) is 2. The van der Waals surface area contributed by atoms with Crippen molar-refractivity contribution in [3.05, 3.63) is 113 Å². The first-order chi connectivity index (χ1) is 20.7. The summed E-state index contributed by atoms with van der Waals surface area (Å²) in [5, 5.41) is 0.626. The Balaban J connectivity index is 1.58. The molecular weight excluding hydrogens is 588 g/mol. The van der Waals surface area contributed by atoms with E-state index in [1.165, 1.54) is 18.3 Å². The number of rotatable bonds is 10. The number of ether oxygens (including phenoxy) is 4. The number of allylic oxidation sites excluding steroid dienone is 2. The minimum atomic E-state index is -0.712. The molecule has 0 N–H and O–H groups in total. The fraction of sp³-hybridized carbons (Fsp3) is 0.242. The van der Waals surface area contributed by atoms with E-state index >= 15 is 0 Å². The Hall–Kier alpha value is -4.34. The molecule has 0 spiro atoms. The quantitative estimate of drug-likeness (QED) is 0.234. The van der Waals surface area contributed by atoms with E-state index in [0.29, 0.717) is 60.8 Å². The van der Waals surface area contributed by atoms with E-state index in [4.69, 9.17) is 30.5 Å². The minimum absolute atomic E-state index is 0.174. The molecule has 0 saturated heterocycles. The molecule has 0 unspecified atom stereocenters. The second-order valence-corrected chi connectivity index (χ2v) is 11.2. The number of hydrogen-bond donors (Lipinski definition) is 0. The zero-order chi connectivity index (χ0) is 30.7. The van der Waals surface area contributed by atoms with Crippen LogP contribution in [0.3, 0.4) is 0 Å². The van der Waals surface area contributed by atoms with E-state index in [-0.39, 0.29) is 17.9 Å². The molecule has 0 fully saturated rings. The molecule has 0 aliphatic carbocycles. The first-order valence-corrected chi connectivity index (χ1v) is 14.8. The lowest BCUT2D eigenvalue weighted by Crippen LogP contribution is -2.39. The van der Waals surface area contributed by atoms with Crippen molar-refractivity contribution in [1.29, 1.82) is 0 Å². The van der Waals surface area contributed by atoms with Crippen LogP contribution in [0.4, 0.5) is 0 Å². The van der Waals surface area contributed by atoms with Gasteiger partial charge in [0, 0.05) is 33.5 Å². The van der Waals surface area contributed by atoms with Crippen LogP contribution in [0.25, 0.3) is 6.08 Å². The number of carbonyl (C=O) groups is 1. The number of hydrogen-bond acceptors (Lipinski definition) is 8. The van der Waals surface area contributed by atoms with Crippen LogP contribution in [0.5, 0.6) is 23.0 Å². The van der Waals surface area contributed by atoms with Gasteiger partial charge in [0.25, 0.3) is 5.56 Å². The second kappa shape index (κ2) is 12.9. The number of fused-ring (bicyclic) bond motifs is 1. The summed E-state index contributed by atoms with van der Waals surface area (Å²) in [5.74, 6) is 2.04. The van der Waals surface area contributed by atoms with Gasteiger partial charge in [-0.15, -0.1) is 0 Å². The van der Waals surface area contributed by atoms with Gasteiger partial charge in [-0.1, -0.05) is 47.2 Å². The Morgan fingerprint density at radius 2 is 1.81 bits per heavy atom. The molecule has 4 aromatic rings. The van der Waals surface area contributed by atoms with Crippen LogP contribution >= 0.6 is 22.9 Å². The minimum Gasteiger partial charge on any atom is -0.497 e. The number of thiazole rings is 1. The highest BCUT2D eigenvalue weighted by molar-refractivity contribution is 7.07. The smallest absolute Gasteiger partial charge is 0.271 e. The molecule has 2 heterocycles. The van der Waals surface area contributed by atoms with Crippen molar-refractivity contribution < 1.29 is 23.7 Å². The lowest BCUT2D eigenvalue weighted by molar-refractivity contribution is -0.114. The van der Waals surface area contributed by atoms with E-state index in [0.717, 1.165) is 11.1 Å². The topological polar surface area (TPSA) is 88.3 Å². The van der Waals surface area contributed by atoms with Gasteiger partial charge in [0.2, 0.25) is 0 Å². The van der Waals surface area contributed by atoms with Crippen LogP contribution in [-0.2, 0) is 11.4 Å². The van der Waals surface area contributed by atoms with Gasteiger partial charge in [-0.2, -0.15) is 0 Å². The van der Waals surface area contributed by atoms with Crippen molar-refractivity contribution >= 4 is 34.8 Å². The Bertz CT molecular complexity index is 1910. The van der Waals surface area contributed by atoms with Gasteiger partial charge in [0.15, 0.2) is 22.1 Å². The summed E-state index contributed by atoms with van der Waals surface area (Å²) in [6.07, 6.45) is 1.79. The van der Waals surface area contributed by atoms with Crippen LogP contribution in [0, 0.1) is 0 Å². The highest BCUT2D eigenvalue weighted by atomic mass is 35.5. The summed E-state index contributed by atoms with van der Waals surface area (Å²) in [4.78, 5) is 32.0. The fourth-order valence-electron chi connectivity index (χ4n) is 5.03. The zero-order valence-corrected chi connectivity index (χ0v) is 26.0. The average Bonchev–Trinajstić information content (AvgIpc) is 3.30. The Labute approximate surface area is 258 Å². The summed E-state index contributed by atoms with van der Waals surface area (Å²) in [6, 6.07) is 17.6. The molecular formula is C33H31ClN2O6S. The Kier molecular flexibility index (Phi) is 9.03. The molecule has 0 radical (unpaired) electrons. The third-order valence-electron chi connectivity index (χ3n) is 7.04. The van der Waals surface area contributed by atoms with Crippen molar-refractivity contribution in [2.75, 3.05) is 20.8 Å². The number of carbonyl (C=O) groups excluding carboxylic acids is 1. The third kappa shape index (κ3) is 6.09. The summed E-state index contributed by atoms with van der Waals surface area (Å²) >= 11 is 7.55. The van der Waals surface area contributed by atoms with Gasteiger partial charge in [-0.25, -0.2) is 4.99 Å². The van der Waals surface area contributed by atoms with E-state index in [1.54, 1.807) is 43.9 Å². The first kappa shape index (κ1) is 30.1. The fourth-order valence-corrected chi connectivity index (χ4v) is 6.27. The number of methoxy groups -OCH3 is 2. The van der Waals surface area contributed by atoms with Crippen LogP contribution in [0.2, 0.25) is 5.02 Å². The maximum Gasteiger partial charge on any atom is 0.271 e. The summed E-state index contributed by atoms with van der Waals surface area (Å²) < 4.78 is 25.0. The predicted octanol–water partition coefficient (Wildman–Crippen LogP) is 5.47. The average molecular weight is 619 g/mol. The zero-order valence-electron chi connectivity index (χ0n) is 24.5. The van der Waals surface area contributed by atoms with Gasteiger partial charge in [-0.05, 0) is 62.7 Å². The van der Waals surface area contributed by atoms with Gasteiger partial charge in [0.1, 0.15) is 18.1 Å². The molecule has 8 nitrogen and oxygen atoms in total. The molecule has 222 valence electrons. The Morgan fingerprint density at radius 3 is 2.51 bits per heavy atom. The molecule has 1 aliphatic rings. The predicted molar refractivity (Wildman–Crippen MR) is 167 cm³/mol. The maximum absolute atomic E-state index is 14.0. The second-order valence-electron chi connectivity index (χ2n) is 9.77. The van der Waals surface area contributed by atoms with Crippen LogP contribution < -0.4 is 33.8 Å². The molecule has 1 atom stereocenters. The first-order valence-electron chi connectivity index (χ1n) is 13.6. The molecule has 5 rings (SSSR count). The molecule has 43 heavy (non-hydrogen) atoms. The van der Waals surface area contributed by atoms with E-state index in [2.05, 4.69) is 4.99 Å². The molecule has 3 aromatic carbocycles. The number of halogens is 1. The van der Waals surface area contributed by atoms with Crippen LogP contribution in [-0.4, -0.2) is 31.2 Å². The Morgan fingerprint density at radius 1 is 1.02 bits per heavy atom. The van der Waals surface area contributed by atoms with Gasteiger partial charge >= 0.3 is 0 Å². The van der Waals surface area contributed by atoms with E-state index in [1.807, 2.05) is 55.5 Å². The molecule has 10 heteroatoms. The van der Waals surface area contributed by atoms with Gasteiger partial charge in [0.05, 0.1) is 31.4 Å². The molecule has 0 saturated carbocycles. The van der Waals surface area contributed by atoms with E-state index in [9.17, 15) is 9.59 Å². The van der Waals surface area contributed by atoms with Crippen molar-refractivity contribution in [3.8, 4) is 23.0 Å². The van der Waals surface area contributed by atoms with Gasteiger partial charge in [-0.3, -0.25) is 14.2 Å². The SMILES string of the molecule is CCOc1cc(/C=c2\sc3n(c2=O)[C@H](c2ccc(OC)cc2OC)C(C(C)=O)=C(C)N=3)ccc1OCc1ccccc1Cl. The summed E-state index contributed by atoms with van der Waals surface area (Å²) in [6.45, 7) is 5.88.